The highest BCUT2D eigenvalue weighted by atomic mass is 35.5. The molecule has 112 valence electrons. The molecule has 1 aliphatic heterocycles. The van der Waals surface area contributed by atoms with Gasteiger partial charge in [0.15, 0.2) is 0 Å². The van der Waals surface area contributed by atoms with E-state index in [2.05, 4.69) is 5.32 Å². The Hall–Kier alpha value is -0.420. The van der Waals surface area contributed by atoms with Gasteiger partial charge in [0.25, 0.3) is 0 Å². The van der Waals surface area contributed by atoms with Crippen molar-refractivity contribution in [3.8, 4) is 0 Å². The molecule has 0 aromatic heterocycles. The van der Waals surface area contributed by atoms with Crippen molar-refractivity contribution in [3.63, 3.8) is 0 Å². The first-order valence-electron chi connectivity index (χ1n) is 6.43. The normalized spacial score (nSPS) is 20.1. The fraction of sp³-hybridized carbons (Fsp3) is 0.500. The van der Waals surface area contributed by atoms with Crippen LogP contribution in [-0.2, 0) is 4.79 Å². The Bertz CT molecular complexity index is 459. The van der Waals surface area contributed by atoms with Crippen LogP contribution in [0.1, 0.15) is 18.5 Å². The van der Waals surface area contributed by atoms with E-state index in [4.69, 9.17) is 11.6 Å². The molecule has 0 saturated carbocycles. The first-order valence-corrected chi connectivity index (χ1v) is 8.09. The Labute approximate surface area is 135 Å². The van der Waals surface area contributed by atoms with Gasteiger partial charge >= 0.3 is 0 Å². The van der Waals surface area contributed by atoms with Crippen LogP contribution in [0.4, 0.5) is 0 Å². The van der Waals surface area contributed by atoms with Crippen molar-refractivity contribution in [1.82, 2.24) is 10.2 Å². The second-order valence-electron chi connectivity index (χ2n) is 4.68. The molecule has 1 aliphatic rings. The summed E-state index contributed by atoms with van der Waals surface area (Å²) in [5, 5.41) is 4.07. The smallest absolute Gasteiger partial charge is 0.235 e. The minimum absolute atomic E-state index is 0. The van der Waals surface area contributed by atoms with Crippen LogP contribution in [0, 0.1) is 0 Å². The molecular formula is C14H20Cl2N2OS. The average Bonchev–Trinajstić information content (AvgIpc) is 2.45. The maximum absolute atomic E-state index is 12.4. The van der Waals surface area contributed by atoms with Crippen LogP contribution >= 0.6 is 35.8 Å². The van der Waals surface area contributed by atoms with Crippen molar-refractivity contribution in [2.75, 3.05) is 25.9 Å². The fourth-order valence-corrected chi connectivity index (χ4v) is 2.85. The number of hydrogen-bond acceptors (Lipinski definition) is 3. The molecule has 1 amide bonds. The number of amides is 1. The van der Waals surface area contributed by atoms with Crippen LogP contribution in [0.2, 0.25) is 5.02 Å². The van der Waals surface area contributed by atoms with Gasteiger partial charge in [0, 0.05) is 24.7 Å². The first-order chi connectivity index (χ1) is 9.13. The van der Waals surface area contributed by atoms with Gasteiger partial charge in [-0.05, 0) is 30.9 Å². The number of rotatable bonds is 3. The SMILES string of the molecule is CSC(C)C(=O)N1CCNCC1c1cccc(Cl)c1.Cl. The molecule has 2 rings (SSSR count). The van der Waals surface area contributed by atoms with E-state index in [-0.39, 0.29) is 29.6 Å². The van der Waals surface area contributed by atoms with E-state index in [1.165, 1.54) is 0 Å². The molecule has 0 aliphatic carbocycles. The molecule has 1 fully saturated rings. The lowest BCUT2D eigenvalue weighted by molar-refractivity contribution is -0.133. The number of carbonyl (C=O) groups is 1. The first kappa shape index (κ1) is 17.6. The lowest BCUT2D eigenvalue weighted by atomic mass is 10.0. The van der Waals surface area contributed by atoms with E-state index in [1.54, 1.807) is 11.8 Å². The van der Waals surface area contributed by atoms with Crippen LogP contribution in [0.5, 0.6) is 0 Å². The highest BCUT2D eigenvalue weighted by molar-refractivity contribution is 7.99. The predicted octanol–water partition coefficient (Wildman–Crippen LogP) is 2.99. The number of halogens is 2. The molecule has 1 N–H and O–H groups in total. The molecule has 1 aromatic carbocycles. The summed E-state index contributed by atoms with van der Waals surface area (Å²) < 4.78 is 0. The van der Waals surface area contributed by atoms with Gasteiger partial charge in [0.05, 0.1) is 11.3 Å². The number of nitrogens with one attached hydrogen (secondary N) is 1. The van der Waals surface area contributed by atoms with E-state index in [0.29, 0.717) is 5.02 Å². The second-order valence-corrected chi connectivity index (χ2v) is 6.30. The van der Waals surface area contributed by atoms with Gasteiger partial charge in [0.1, 0.15) is 0 Å². The van der Waals surface area contributed by atoms with Crippen molar-refractivity contribution in [2.45, 2.75) is 18.2 Å². The minimum atomic E-state index is -0.000200. The van der Waals surface area contributed by atoms with Crippen LogP contribution in [0.15, 0.2) is 24.3 Å². The number of thioether (sulfide) groups is 1. The zero-order chi connectivity index (χ0) is 13.8. The second kappa shape index (κ2) is 8.13. The summed E-state index contributed by atoms with van der Waals surface area (Å²) in [7, 11) is 0. The van der Waals surface area contributed by atoms with Gasteiger partial charge in [-0.25, -0.2) is 0 Å². The van der Waals surface area contributed by atoms with E-state index in [1.807, 2.05) is 42.3 Å². The molecule has 0 bridgehead atoms. The maximum atomic E-state index is 12.4. The molecule has 1 heterocycles. The summed E-state index contributed by atoms with van der Waals surface area (Å²) in [6.45, 7) is 4.35. The molecular weight excluding hydrogens is 315 g/mol. The van der Waals surface area contributed by atoms with Crippen molar-refractivity contribution >= 4 is 41.7 Å². The van der Waals surface area contributed by atoms with Gasteiger partial charge in [0.2, 0.25) is 5.91 Å². The molecule has 0 spiro atoms. The summed E-state index contributed by atoms with van der Waals surface area (Å²) in [6, 6.07) is 7.86. The van der Waals surface area contributed by atoms with Crippen LogP contribution in [0.25, 0.3) is 0 Å². The lowest BCUT2D eigenvalue weighted by Gasteiger charge is -2.37. The fourth-order valence-electron chi connectivity index (χ4n) is 2.31. The molecule has 0 radical (unpaired) electrons. The molecule has 1 saturated heterocycles. The van der Waals surface area contributed by atoms with Crippen LogP contribution in [0.3, 0.4) is 0 Å². The van der Waals surface area contributed by atoms with Gasteiger partial charge in [-0.2, -0.15) is 11.8 Å². The van der Waals surface area contributed by atoms with Crippen LogP contribution < -0.4 is 5.32 Å². The van der Waals surface area contributed by atoms with Crippen molar-refractivity contribution in [2.24, 2.45) is 0 Å². The highest BCUT2D eigenvalue weighted by Crippen LogP contribution is 2.26. The summed E-state index contributed by atoms with van der Waals surface area (Å²) in [5.41, 5.74) is 1.10. The zero-order valence-corrected chi connectivity index (χ0v) is 14.0. The minimum Gasteiger partial charge on any atom is -0.332 e. The Kier molecular flexibility index (Phi) is 7.17. The maximum Gasteiger partial charge on any atom is 0.235 e. The molecule has 1 aromatic rings. The Morgan fingerprint density at radius 2 is 2.30 bits per heavy atom. The van der Waals surface area contributed by atoms with Gasteiger partial charge < -0.3 is 10.2 Å². The lowest BCUT2D eigenvalue weighted by Crippen LogP contribution is -2.50. The monoisotopic (exact) mass is 334 g/mol. The van der Waals surface area contributed by atoms with Gasteiger partial charge in [-0.3, -0.25) is 4.79 Å². The molecule has 2 atom stereocenters. The zero-order valence-electron chi connectivity index (χ0n) is 11.6. The summed E-state index contributed by atoms with van der Waals surface area (Å²) in [6.07, 6.45) is 1.97. The quantitative estimate of drug-likeness (QED) is 0.922. The van der Waals surface area contributed by atoms with E-state index in [0.717, 1.165) is 25.2 Å². The predicted molar refractivity (Wildman–Crippen MR) is 89.0 cm³/mol. The van der Waals surface area contributed by atoms with Crippen molar-refractivity contribution < 1.29 is 4.79 Å². The summed E-state index contributed by atoms with van der Waals surface area (Å²) >= 11 is 7.64. The average molecular weight is 335 g/mol. The van der Waals surface area contributed by atoms with Gasteiger partial charge in [-0.1, -0.05) is 23.7 Å². The molecule has 3 nitrogen and oxygen atoms in total. The standard InChI is InChI=1S/C14H19ClN2OS.ClH/c1-10(19-2)14(18)17-7-6-16-9-13(17)11-4-3-5-12(15)8-11;/h3-5,8,10,13,16H,6-7,9H2,1-2H3;1H. The number of hydrogen-bond donors (Lipinski definition) is 1. The third kappa shape index (κ3) is 4.04. The third-order valence-corrected chi connectivity index (χ3v) is 4.61. The largest absolute Gasteiger partial charge is 0.332 e. The van der Waals surface area contributed by atoms with E-state index >= 15 is 0 Å². The van der Waals surface area contributed by atoms with Crippen molar-refractivity contribution in [3.05, 3.63) is 34.9 Å². The number of carbonyl (C=O) groups excluding carboxylic acids is 1. The third-order valence-electron chi connectivity index (χ3n) is 3.46. The molecule has 2 unspecified atom stereocenters. The van der Waals surface area contributed by atoms with Crippen molar-refractivity contribution in [1.29, 1.82) is 0 Å². The number of piperazine rings is 1. The summed E-state index contributed by atoms with van der Waals surface area (Å²) in [5.74, 6) is 0.207. The van der Waals surface area contributed by atoms with Gasteiger partial charge in [-0.15, -0.1) is 12.4 Å². The Morgan fingerprint density at radius 1 is 1.55 bits per heavy atom. The molecule has 6 heteroatoms. The highest BCUT2D eigenvalue weighted by Gasteiger charge is 2.30. The summed E-state index contributed by atoms with van der Waals surface area (Å²) in [4.78, 5) is 14.4. The topological polar surface area (TPSA) is 32.3 Å². The molecule has 20 heavy (non-hydrogen) atoms. The van der Waals surface area contributed by atoms with E-state index < -0.39 is 0 Å². The Balaban J connectivity index is 0.00000200. The Morgan fingerprint density at radius 3 is 2.95 bits per heavy atom. The number of nitrogens with zero attached hydrogens (tertiary/aromatic N) is 1. The van der Waals surface area contributed by atoms with E-state index in [9.17, 15) is 4.79 Å². The number of benzene rings is 1. The van der Waals surface area contributed by atoms with Crippen LogP contribution in [-0.4, -0.2) is 41.9 Å².